The Hall–Kier alpha value is -3.51. The van der Waals surface area contributed by atoms with Crippen molar-refractivity contribution in [2.24, 2.45) is 5.92 Å². The summed E-state index contributed by atoms with van der Waals surface area (Å²) in [6.07, 6.45) is 10.9. The molecule has 3 aromatic rings. The Morgan fingerprint density at radius 2 is 1.56 bits per heavy atom. The zero-order chi connectivity index (χ0) is 33.9. The Morgan fingerprint density at radius 1 is 0.875 bits per heavy atom. The summed E-state index contributed by atoms with van der Waals surface area (Å²) in [6.45, 7) is 11.0. The first-order valence-electron chi connectivity index (χ1n) is 18.7. The third-order valence-electron chi connectivity index (χ3n) is 12.7. The number of methoxy groups -OCH3 is 1. The molecule has 0 atom stereocenters. The molecule has 0 bridgehead atoms. The summed E-state index contributed by atoms with van der Waals surface area (Å²) in [7, 11) is 1.70. The van der Waals surface area contributed by atoms with Gasteiger partial charge < -0.3 is 19.6 Å². The van der Waals surface area contributed by atoms with Crippen molar-refractivity contribution in [1.82, 2.24) is 4.90 Å². The molecule has 0 aromatic heterocycles. The van der Waals surface area contributed by atoms with Crippen LogP contribution in [0.25, 0.3) is 0 Å². The first-order valence-corrected chi connectivity index (χ1v) is 18.7. The maximum absolute atomic E-state index is 15.0. The predicted molar refractivity (Wildman–Crippen MR) is 197 cm³/mol. The van der Waals surface area contributed by atoms with Gasteiger partial charge in [0.05, 0.1) is 23.7 Å². The molecule has 0 radical (unpaired) electrons. The summed E-state index contributed by atoms with van der Waals surface area (Å²) < 4.78 is 5.51. The van der Waals surface area contributed by atoms with E-state index in [2.05, 4.69) is 103 Å². The van der Waals surface area contributed by atoms with Gasteiger partial charge in [0.1, 0.15) is 5.75 Å². The second kappa shape index (κ2) is 14.2. The lowest BCUT2D eigenvalue weighted by molar-refractivity contribution is 0.0111. The molecule has 3 aromatic carbocycles. The molecule has 1 aliphatic heterocycles. The standard InChI is InChI=1S/C42H57N3O3/c1-6-37-33(25-30-46)17-14-20-38(37)43(9-4)40(34-18-11-10-12-19-34)26-28-42(29-27-40)41(7-2,8-3)45(35-21-23-36(48-5)24-22-35)39(47)44(42)31-32-15-13-16-32/h10-12,14,17-24,32,46H,6-9,13,15-16,25-31H2,1-5H3/t40-,42-. The van der Waals surface area contributed by atoms with Crippen molar-refractivity contribution < 1.29 is 14.6 Å². The number of anilines is 2. The maximum Gasteiger partial charge on any atom is 0.325 e. The SMILES string of the molecule is CCc1c(CCO)cccc1N(CC)[C@]1(c2ccccc2)CC[C@]2(CC1)N(CC1CCC1)C(=O)N(c1ccc(OC)cc1)C2(CC)CC. The largest absolute Gasteiger partial charge is 0.497 e. The number of hydrogen-bond acceptors (Lipinski definition) is 4. The second-order valence-electron chi connectivity index (χ2n) is 14.4. The van der Waals surface area contributed by atoms with Crippen molar-refractivity contribution in [2.45, 2.75) is 115 Å². The van der Waals surface area contributed by atoms with E-state index in [9.17, 15) is 9.90 Å². The molecule has 1 saturated heterocycles. The molecular formula is C42H57N3O3. The highest BCUT2D eigenvalue weighted by Gasteiger charge is 2.67. The number of nitrogens with zero attached hydrogens (tertiary/aromatic N) is 3. The van der Waals surface area contributed by atoms with Crippen molar-refractivity contribution in [3.63, 3.8) is 0 Å². The number of rotatable bonds is 13. The molecule has 6 rings (SSSR count). The van der Waals surface area contributed by atoms with E-state index in [-0.39, 0.29) is 29.3 Å². The van der Waals surface area contributed by atoms with Gasteiger partial charge in [0.2, 0.25) is 0 Å². The number of aliphatic hydroxyl groups excluding tert-OH is 1. The molecule has 1 heterocycles. The molecule has 2 aliphatic carbocycles. The number of aliphatic hydroxyl groups is 1. The summed E-state index contributed by atoms with van der Waals surface area (Å²) in [4.78, 5) is 22.2. The van der Waals surface area contributed by atoms with E-state index in [1.54, 1.807) is 7.11 Å². The minimum Gasteiger partial charge on any atom is -0.497 e. The summed E-state index contributed by atoms with van der Waals surface area (Å²) in [5.74, 6) is 1.40. The van der Waals surface area contributed by atoms with Gasteiger partial charge in [-0.25, -0.2) is 4.79 Å². The quantitative estimate of drug-likeness (QED) is 0.200. The monoisotopic (exact) mass is 651 g/mol. The van der Waals surface area contributed by atoms with Gasteiger partial charge in [-0.2, -0.15) is 0 Å². The van der Waals surface area contributed by atoms with Gasteiger partial charge in [-0.3, -0.25) is 4.90 Å². The van der Waals surface area contributed by atoms with Crippen LogP contribution in [0.4, 0.5) is 16.2 Å². The molecule has 3 fully saturated rings. The Labute approximate surface area is 289 Å². The van der Waals surface area contributed by atoms with Crippen molar-refractivity contribution in [3.8, 4) is 5.75 Å². The molecule has 2 saturated carbocycles. The van der Waals surface area contributed by atoms with Gasteiger partial charge in [0, 0.05) is 31.1 Å². The molecule has 2 amide bonds. The molecule has 48 heavy (non-hydrogen) atoms. The number of benzene rings is 3. The van der Waals surface area contributed by atoms with E-state index in [1.807, 2.05) is 12.1 Å². The summed E-state index contributed by atoms with van der Waals surface area (Å²) in [6, 6.07) is 26.1. The zero-order valence-electron chi connectivity index (χ0n) is 30.0. The van der Waals surface area contributed by atoms with Crippen LogP contribution in [0, 0.1) is 5.92 Å². The Bertz CT molecular complexity index is 1520. The Kier molecular flexibility index (Phi) is 10.1. The normalized spacial score (nSPS) is 23.8. The summed E-state index contributed by atoms with van der Waals surface area (Å²) in [5.41, 5.74) is 5.40. The van der Waals surface area contributed by atoms with Crippen LogP contribution < -0.4 is 14.5 Å². The van der Waals surface area contributed by atoms with Crippen molar-refractivity contribution >= 4 is 17.4 Å². The second-order valence-corrected chi connectivity index (χ2v) is 14.4. The fourth-order valence-electron chi connectivity index (χ4n) is 10.1. The Balaban J connectivity index is 1.48. The minimum absolute atomic E-state index is 0.153. The van der Waals surface area contributed by atoms with Crippen LogP contribution in [0.2, 0.25) is 0 Å². The van der Waals surface area contributed by atoms with E-state index >= 15 is 0 Å². The number of ether oxygens (including phenoxy) is 1. The smallest absolute Gasteiger partial charge is 0.325 e. The molecule has 0 unspecified atom stereocenters. The van der Waals surface area contributed by atoms with Gasteiger partial charge in [-0.05, 0) is 124 Å². The van der Waals surface area contributed by atoms with Gasteiger partial charge in [-0.1, -0.05) is 69.7 Å². The Morgan fingerprint density at radius 3 is 2.10 bits per heavy atom. The van der Waals surface area contributed by atoms with Crippen molar-refractivity contribution in [3.05, 3.63) is 89.5 Å². The highest BCUT2D eigenvalue weighted by molar-refractivity contribution is 5.98. The third-order valence-corrected chi connectivity index (χ3v) is 12.7. The molecule has 3 aliphatic rings. The highest BCUT2D eigenvalue weighted by Crippen LogP contribution is 2.59. The molecule has 6 heteroatoms. The average Bonchev–Trinajstić information content (AvgIpc) is 3.31. The van der Waals surface area contributed by atoms with E-state index < -0.39 is 0 Å². The number of carbonyl (C=O) groups is 1. The van der Waals surface area contributed by atoms with Crippen LogP contribution in [0.3, 0.4) is 0 Å². The number of amides is 2. The van der Waals surface area contributed by atoms with Gasteiger partial charge in [-0.15, -0.1) is 0 Å². The zero-order valence-corrected chi connectivity index (χ0v) is 30.0. The van der Waals surface area contributed by atoms with Gasteiger partial charge in [0.15, 0.2) is 0 Å². The lowest BCUT2D eigenvalue weighted by Crippen LogP contribution is -2.66. The summed E-state index contributed by atoms with van der Waals surface area (Å²) in [5, 5.41) is 9.92. The molecule has 1 spiro atoms. The van der Waals surface area contributed by atoms with Crippen LogP contribution in [-0.2, 0) is 18.4 Å². The average molecular weight is 652 g/mol. The highest BCUT2D eigenvalue weighted by atomic mass is 16.5. The van der Waals surface area contributed by atoms with Gasteiger partial charge >= 0.3 is 6.03 Å². The molecule has 258 valence electrons. The van der Waals surface area contributed by atoms with E-state index in [0.717, 1.165) is 69.5 Å². The fraction of sp³-hybridized carbons (Fsp3) is 0.548. The van der Waals surface area contributed by atoms with Crippen LogP contribution in [0.5, 0.6) is 5.75 Å². The first kappa shape index (κ1) is 34.4. The molecule has 1 N–H and O–H groups in total. The maximum atomic E-state index is 15.0. The van der Waals surface area contributed by atoms with Crippen LogP contribution >= 0.6 is 0 Å². The van der Waals surface area contributed by atoms with Gasteiger partial charge in [0.25, 0.3) is 0 Å². The number of carbonyl (C=O) groups excluding carboxylic acids is 1. The minimum atomic E-state index is -0.321. The summed E-state index contributed by atoms with van der Waals surface area (Å²) >= 11 is 0. The lowest BCUT2D eigenvalue weighted by Gasteiger charge is -2.58. The topological polar surface area (TPSA) is 56.2 Å². The number of hydrogen-bond donors (Lipinski definition) is 1. The van der Waals surface area contributed by atoms with Crippen LogP contribution in [0.15, 0.2) is 72.8 Å². The molecular weight excluding hydrogens is 594 g/mol. The predicted octanol–water partition coefficient (Wildman–Crippen LogP) is 9.13. The van der Waals surface area contributed by atoms with Crippen LogP contribution in [0.1, 0.15) is 102 Å². The van der Waals surface area contributed by atoms with E-state index in [4.69, 9.17) is 4.74 Å². The van der Waals surface area contributed by atoms with Crippen LogP contribution in [-0.4, -0.2) is 53.9 Å². The molecule has 6 nitrogen and oxygen atoms in total. The first-order chi connectivity index (χ1) is 23.4. The van der Waals surface area contributed by atoms with Crippen molar-refractivity contribution in [2.75, 3.05) is 36.6 Å². The fourth-order valence-corrected chi connectivity index (χ4v) is 10.1. The van der Waals surface area contributed by atoms with E-state index in [1.165, 1.54) is 41.6 Å². The third kappa shape index (κ3) is 5.39. The van der Waals surface area contributed by atoms with E-state index in [0.29, 0.717) is 12.3 Å². The number of urea groups is 1. The lowest BCUT2D eigenvalue weighted by atomic mass is 9.59. The van der Waals surface area contributed by atoms with Crippen molar-refractivity contribution in [1.29, 1.82) is 0 Å².